The van der Waals surface area contributed by atoms with Gasteiger partial charge >= 0.3 is 0 Å². The van der Waals surface area contributed by atoms with Gasteiger partial charge in [0.1, 0.15) is 11.5 Å². The third-order valence-electron chi connectivity index (χ3n) is 2.13. The third kappa shape index (κ3) is 1.46. The molecule has 0 amide bonds. The summed E-state index contributed by atoms with van der Waals surface area (Å²) in [6.45, 7) is 1.92. The van der Waals surface area contributed by atoms with Gasteiger partial charge in [-0.05, 0) is 31.9 Å². The second-order valence-electron chi connectivity index (χ2n) is 3.41. The Bertz CT molecular complexity index is 258. The molecule has 0 aliphatic heterocycles. The van der Waals surface area contributed by atoms with E-state index in [9.17, 15) is 5.11 Å². The molecule has 0 atom stereocenters. The quantitative estimate of drug-likeness (QED) is 0.699. The first-order chi connectivity index (χ1) is 5.18. The Morgan fingerprint density at radius 1 is 1.55 bits per heavy atom. The van der Waals surface area contributed by atoms with Crippen LogP contribution in [-0.4, -0.2) is 10.7 Å². The highest BCUT2D eigenvalue weighted by molar-refractivity contribution is 5.11. The Morgan fingerprint density at radius 3 is 2.73 bits per heavy atom. The van der Waals surface area contributed by atoms with Gasteiger partial charge in [-0.15, -0.1) is 0 Å². The van der Waals surface area contributed by atoms with Crippen molar-refractivity contribution in [1.82, 2.24) is 0 Å². The second-order valence-corrected chi connectivity index (χ2v) is 3.41. The zero-order valence-electron chi connectivity index (χ0n) is 6.63. The maximum atomic E-state index is 9.53. The lowest BCUT2D eigenvalue weighted by Gasteiger charge is -2.02. The molecule has 0 bridgehead atoms. The molecule has 1 saturated carbocycles. The van der Waals surface area contributed by atoms with E-state index in [1.807, 2.05) is 19.1 Å². The lowest BCUT2D eigenvalue weighted by molar-refractivity contribution is 0.143. The Balaban J connectivity index is 2.06. The first-order valence-electron chi connectivity index (χ1n) is 3.96. The molecule has 1 N–H and O–H groups in total. The van der Waals surface area contributed by atoms with Gasteiger partial charge in [0.05, 0.1) is 5.60 Å². The van der Waals surface area contributed by atoms with Crippen LogP contribution in [0.5, 0.6) is 0 Å². The number of furan rings is 1. The zero-order valence-corrected chi connectivity index (χ0v) is 6.63. The van der Waals surface area contributed by atoms with Crippen LogP contribution in [0.1, 0.15) is 24.4 Å². The van der Waals surface area contributed by atoms with Crippen LogP contribution in [-0.2, 0) is 6.42 Å². The number of aliphatic hydroxyl groups is 1. The monoisotopic (exact) mass is 152 g/mol. The van der Waals surface area contributed by atoms with E-state index in [-0.39, 0.29) is 0 Å². The van der Waals surface area contributed by atoms with E-state index in [0.29, 0.717) is 6.42 Å². The molecule has 1 fully saturated rings. The molecule has 11 heavy (non-hydrogen) atoms. The Labute approximate surface area is 65.8 Å². The zero-order chi connectivity index (χ0) is 7.90. The van der Waals surface area contributed by atoms with Crippen molar-refractivity contribution >= 4 is 0 Å². The molecule has 1 aromatic heterocycles. The van der Waals surface area contributed by atoms with Gasteiger partial charge in [0.15, 0.2) is 0 Å². The van der Waals surface area contributed by atoms with Crippen LogP contribution in [0.4, 0.5) is 0 Å². The lowest BCUT2D eigenvalue weighted by atomic mass is 10.2. The fourth-order valence-electron chi connectivity index (χ4n) is 1.23. The molecule has 1 heterocycles. The molecule has 2 heteroatoms. The van der Waals surface area contributed by atoms with E-state index in [2.05, 4.69) is 0 Å². The summed E-state index contributed by atoms with van der Waals surface area (Å²) in [6.07, 6.45) is 2.53. The summed E-state index contributed by atoms with van der Waals surface area (Å²) in [5.41, 5.74) is -0.426. The van der Waals surface area contributed by atoms with E-state index in [1.54, 1.807) is 0 Å². The van der Waals surface area contributed by atoms with Crippen molar-refractivity contribution in [2.75, 3.05) is 0 Å². The van der Waals surface area contributed by atoms with Crippen molar-refractivity contribution in [2.45, 2.75) is 31.8 Å². The second kappa shape index (κ2) is 2.11. The molecule has 0 spiro atoms. The highest BCUT2D eigenvalue weighted by atomic mass is 16.3. The van der Waals surface area contributed by atoms with Gasteiger partial charge in [0, 0.05) is 6.42 Å². The molecule has 0 unspecified atom stereocenters. The molecule has 1 aliphatic carbocycles. The molecule has 2 rings (SSSR count). The third-order valence-corrected chi connectivity index (χ3v) is 2.13. The normalized spacial score (nSPS) is 20.2. The van der Waals surface area contributed by atoms with Gasteiger partial charge in [-0.3, -0.25) is 0 Å². The Morgan fingerprint density at radius 2 is 2.27 bits per heavy atom. The molecule has 0 saturated heterocycles. The van der Waals surface area contributed by atoms with Crippen molar-refractivity contribution in [3.63, 3.8) is 0 Å². The van der Waals surface area contributed by atoms with Crippen LogP contribution in [0.25, 0.3) is 0 Å². The van der Waals surface area contributed by atoms with Gasteiger partial charge in [0.2, 0.25) is 0 Å². The highest BCUT2D eigenvalue weighted by Gasteiger charge is 2.40. The van der Waals surface area contributed by atoms with Crippen LogP contribution in [0, 0.1) is 6.92 Å². The summed E-state index contributed by atoms with van der Waals surface area (Å²) < 4.78 is 5.34. The van der Waals surface area contributed by atoms with Gasteiger partial charge in [-0.25, -0.2) is 0 Å². The molecule has 1 aliphatic rings. The smallest absolute Gasteiger partial charge is 0.107 e. The molecular weight excluding hydrogens is 140 g/mol. The highest BCUT2D eigenvalue weighted by Crippen LogP contribution is 2.38. The first-order valence-corrected chi connectivity index (χ1v) is 3.96. The van der Waals surface area contributed by atoms with Crippen LogP contribution in [0.3, 0.4) is 0 Å². The van der Waals surface area contributed by atoms with Crippen molar-refractivity contribution < 1.29 is 9.52 Å². The molecule has 2 nitrogen and oxygen atoms in total. The van der Waals surface area contributed by atoms with Crippen molar-refractivity contribution in [2.24, 2.45) is 0 Å². The summed E-state index contributed by atoms with van der Waals surface area (Å²) in [4.78, 5) is 0. The van der Waals surface area contributed by atoms with Gasteiger partial charge in [-0.2, -0.15) is 0 Å². The standard InChI is InChI=1S/C9H12O2/c1-7-2-3-8(11-7)6-9(10)4-5-9/h2-3,10H,4-6H2,1H3. The number of rotatable bonds is 2. The minimum Gasteiger partial charge on any atom is -0.466 e. The van der Waals surface area contributed by atoms with E-state index in [0.717, 1.165) is 24.4 Å². The van der Waals surface area contributed by atoms with Crippen molar-refractivity contribution in [3.05, 3.63) is 23.7 Å². The summed E-state index contributed by atoms with van der Waals surface area (Å²) in [7, 11) is 0. The predicted molar refractivity (Wildman–Crippen MR) is 41.3 cm³/mol. The average molecular weight is 152 g/mol. The first kappa shape index (κ1) is 6.92. The summed E-state index contributed by atoms with van der Waals surface area (Å²) in [6, 6.07) is 3.87. The molecule has 1 aromatic rings. The van der Waals surface area contributed by atoms with Gasteiger partial charge in [0.25, 0.3) is 0 Å². The summed E-state index contributed by atoms with van der Waals surface area (Å²) in [5.74, 6) is 1.83. The predicted octanol–water partition coefficient (Wildman–Crippen LogP) is 1.66. The van der Waals surface area contributed by atoms with E-state index < -0.39 is 5.60 Å². The SMILES string of the molecule is Cc1ccc(CC2(O)CC2)o1. The van der Waals surface area contributed by atoms with Crippen molar-refractivity contribution in [1.29, 1.82) is 0 Å². The maximum Gasteiger partial charge on any atom is 0.107 e. The topological polar surface area (TPSA) is 33.4 Å². The number of hydrogen-bond donors (Lipinski definition) is 1. The Kier molecular flexibility index (Phi) is 1.33. The van der Waals surface area contributed by atoms with Gasteiger partial charge in [-0.1, -0.05) is 0 Å². The van der Waals surface area contributed by atoms with Crippen LogP contribution in [0.15, 0.2) is 16.5 Å². The fourth-order valence-corrected chi connectivity index (χ4v) is 1.23. The largest absolute Gasteiger partial charge is 0.466 e. The summed E-state index contributed by atoms with van der Waals surface area (Å²) >= 11 is 0. The minimum atomic E-state index is -0.426. The van der Waals surface area contributed by atoms with E-state index >= 15 is 0 Å². The lowest BCUT2D eigenvalue weighted by Crippen LogP contribution is -2.09. The molecule has 0 aromatic carbocycles. The summed E-state index contributed by atoms with van der Waals surface area (Å²) in [5, 5.41) is 9.53. The van der Waals surface area contributed by atoms with Gasteiger partial charge < -0.3 is 9.52 Å². The van der Waals surface area contributed by atoms with Crippen LogP contribution >= 0.6 is 0 Å². The van der Waals surface area contributed by atoms with E-state index in [1.165, 1.54) is 0 Å². The van der Waals surface area contributed by atoms with Crippen molar-refractivity contribution in [3.8, 4) is 0 Å². The average Bonchev–Trinajstić information content (AvgIpc) is 2.49. The maximum absolute atomic E-state index is 9.53. The fraction of sp³-hybridized carbons (Fsp3) is 0.556. The molecule has 0 radical (unpaired) electrons. The molecular formula is C9H12O2. The Hall–Kier alpha value is -0.760. The number of aryl methyl sites for hydroxylation is 1. The minimum absolute atomic E-state index is 0.426. The molecule has 60 valence electrons. The number of hydrogen-bond acceptors (Lipinski definition) is 2. The van der Waals surface area contributed by atoms with Crippen LogP contribution in [0.2, 0.25) is 0 Å². The van der Waals surface area contributed by atoms with E-state index in [4.69, 9.17) is 4.42 Å². The van der Waals surface area contributed by atoms with Crippen LogP contribution < -0.4 is 0 Å².